The molecule has 1 heterocycles. The van der Waals surface area contributed by atoms with Crippen LogP contribution in [0.15, 0.2) is 18.5 Å². The van der Waals surface area contributed by atoms with Crippen LogP contribution in [0.5, 0.6) is 0 Å². The first-order chi connectivity index (χ1) is 6.47. The largest absolute Gasteiger partial charge is 0.371 e. The Hall–Kier alpha value is -1.22. The average molecular weight is 193 g/mol. The Morgan fingerprint density at radius 1 is 1.43 bits per heavy atom. The number of methoxy groups -OCH3 is 1. The third-order valence-electron chi connectivity index (χ3n) is 2.19. The van der Waals surface area contributed by atoms with Crippen molar-refractivity contribution < 1.29 is 9.53 Å². The maximum atomic E-state index is 11.9. The number of ketones is 1. The molecule has 0 aromatic carbocycles. The molecule has 1 rings (SSSR count). The summed E-state index contributed by atoms with van der Waals surface area (Å²) < 4.78 is 5.12. The second kappa shape index (κ2) is 3.88. The predicted molar refractivity (Wildman–Crippen MR) is 54.4 cm³/mol. The third kappa shape index (κ3) is 2.17. The average Bonchev–Trinajstić information content (AvgIpc) is 2.16. The van der Waals surface area contributed by atoms with E-state index in [1.54, 1.807) is 26.2 Å². The molecule has 3 heteroatoms. The van der Waals surface area contributed by atoms with E-state index in [4.69, 9.17) is 4.74 Å². The second-order valence-electron chi connectivity index (χ2n) is 3.79. The van der Waals surface area contributed by atoms with Crippen molar-refractivity contribution in [1.82, 2.24) is 4.98 Å². The lowest BCUT2D eigenvalue weighted by atomic mass is 9.97. The summed E-state index contributed by atoms with van der Waals surface area (Å²) in [5.74, 6) is -0.0452. The fraction of sp³-hybridized carbons (Fsp3) is 0.455. The Labute approximate surface area is 84.1 Å². The lowest BCUT2D eigenvalue weighted by molar-refractivity contribution is 0.0228. The van der Waals surface area contributed by atoms with Gasteiger partial charge in [-0.05, 0) is 32.4 Å². The zero-order valence-electron chi connectivity index (χ0n) is 9.00. The Morgan fingerprint density at radius 2 is 2.07 bits per heavy atom. The molecule has 0 aliphatic carbocycles. The van der Waals surface area contributed by atoms with E-state index in [0.29, 0.717) is 5.56 Å². The van der Waals surface area contributed by atoms with Gasteiger partial charge in [-0.2, -0.15) is 0 Å². The summed E-state index contributed by atoms with van der Waals surface area (Å²) >= 11 is 0. The quantitative estimate of drug-likeness (QED) is 0.689. The molecule has 0 spiro atoms. The number of aryl methyl sites for hydroxylation is 1. The molecule has 0 bridgehead atoms. The lowest BCUT2D eigenvalue weighted by Crippen LogP contribution is -2.33. The van der Waals surface area contributed by atoms with Gasteiger partial charge in [0.2, 0.25) is 0 Å². The molecule has 0 N–H and O–H groups in total. The summed E-state index contributed by atoms with van der Waals surface area (Å²) in [5, 5.41) is 0. The molecule has 0 unspecified atom stereocenters. The van der Waals surface area contributed by atoms with Crippen molar-refractivity contribution in [3.63, 3.8) is 0 Å². The molecule has 0 fully saturated rings. The Balaban J connectivity index is 3.01. The fourth-order valence-corrected chi connectivity index (χ4v) is 1.12. The van der Waals surface area contributed by atoms with E-state index in [9.17, 15) is 4.79 Å². The minimum absolute atomic E-state index is 0.0452. The van der Waals surface area contributed by atoms with Gasteiger partial charge in [0.15, 0.2) is 5.78 Å². The second-order valence-corrected chi connectivity index (χ2v) is 3.79. The van der Waals surface area contributed by atoms with Crippen LogP contribution < -0.4 is 0 Å². The van der Waals surface area contributed by atoms with E-state index in [1.807, 2.05) is 13.0 Å². The van der Waals surface area contributed by atoms with Crippen LogP contribution in [0.4, 0.5) is 0 Å². The molecule has 1 aromatic rings. The molecular weight excluding hydrogens is 178 g/mol. The van der Waals surface area contributed by atoms with Crippen LogP contribution in [0, 0.1) is 6.92 Å². The van der Waals surface area contributed by atoms with Crippen LogP contribution in [0.3, 0.4) is 0 Å². The highest BCUT2D eigenvalue weighted by atomic mass is 16.5. The summed E-state index contributed by atoms with van der Waals surface area (Å²) in [6.45, 7) is 5.40. The van der Waals surface area contributed by atoms with Crippen LogP contribution in [0.25, 0.3) is 0 Å². The molecule has 0 aliphatic rings. The Bertz CT molecular complexity index is 345. The number of rotatable bonds is 3. The van der Waals surface area contributed by atoms with Gasteiger partial charge in [-0.15, -0.1) is 0 Å². The van der Waals surface area contributed by atoms with Crippen molar-refractivity contribution in [2.24, 2.45) is 0 Å². The van der Waals surface area contributed by atoms with Gasteiger partial charge in [-0.3, -0.25) is 9.78 Å². The number of carbonyl (C=O) groups excluding carboxylic acids is 1. The smallest absolute Gasteiger partial charge is 0.195 e. The zero-order valence-corrected chi connectivity index (χ0v) is 9.00. The first-order valence-electron chi connectivity index (χ1n) is 4.49. The van der Waals surface area contributed by atoms with E-state index in [0.717, 1.165) is 5.56 Å². The van der Waals surface area contributed by atoms with Gasteiger partial charge in [-0.1, -0.05) is 0 Å². The molecule has 0 aliphatic heterocycles. The van der Waals surface area contributed by atoms with E-state index in [2.05, 4.69) is 4.98 Å². The molecule has 3 nitrogen and oxygen atoms in total. The molecule has 76 valence electrons. The third-order valence-corrected chi connectivity index (χ3v) is 2.19. The normalized spacial score (nSPS) is 11.4. The number of Topliss-reactive ketones (excluding diaryl/α,β-unsaturated/α-hetero) is 1. The zero-order chi connectivity index (χ0) is 10.8. The van der Waals surface area contributed by atoms with Gasteiger partial charge in [0.25, 0.3) is 0 Å². The van der Waals surface area contributed by atoms with Crippen LogP contribution >= 0.6 is 0 Å². The van der Waals surface area contributed by atoms with Crippen LogP contribution in [-0.4, -0.2) is 23.5 Å². The summed E-state index contributed by atoms with van der Waals surface area (Å²) in [7, 11) is 1.53. The van der Waals surface area contributed by atoms with Crippen molar-refractivity contribution in [2.45, 2.75) is 26.4 Å². The lowest BCUT2D eigenvalue weighted by Gasteiger charge is -2.20. The minimum atomic E-state index is -0.782. The number of nitrogens with zero attached hydrogens (tertiary/aromatic N) is 1. The Morgan fingerprint density at radius 3 is 2.57 bits per heavy atom. The van der Waals surface area contributed by atoms with Crippen molar-refractivity contribution in [3.05, 3.63) is 29.6 Å². The summed E-state index contributed by atoms with van der Waals surface area (Å²) in [5.41, 5.74) is 0.787. The topological polar surface area (TPSA) is 39.2 Å². The molecule has 0 radical (unpaired) electrons. The standard InChI is InChI=1S/C11H15NO2/c1-8-5-9(7-12-6-8)10(13)11(2,3)14-4/h5-7H,1-4H3. The highest BCUT2D eigenvalue weighted by Crippen LogP contribution is 2.16. The molecule has 0 saturated carbocycles. The van der Waals surface area contributed by atoms with Crippen molar-refractivity contribution in [2.75, 3.05) is 7.11 Å². The summed E-state index contributed by atoms with van der Waals surface area (Å²) in [4.78, 5) is 15.9. The van der Waals surface area contributed by atoms with E-state index >= 15 is 0 Å². The number of hydrogen-bond acceptors (Lipinski definition) is 3. The van der Waals surface area contributed by atoms with Crippen LogP contribution in [-0.2, 0) is 4.74 Å². The molecule has 14 heavy (non-hydrogen) atoms. The van der Waals surface area contributed by atoms with Gasteiger partial charge >= 0.3 is 0 Å². The van der Waals surface area contributed by atoms with Crippen LogP contribution in [0.1, 0.15) is 29.8 Å². The number of ether oxygens (including phenoxy) is 1. The van der Waals surface area contributed by atoms with Gasteiger partial charge in [-0.25, -0.2) is 0 Å². The fourth-order valence-electron chi connectivity index (χ4n) is 1.12. The molecule has 1 aromatic heterocycles. The van der Waals surface area contributed by atoms with Gasteiger partial charge in [0.1, 0.15) is 5.60 Å². The highest BCUT2D eigenvalue weighted by molar-refractivity contribution is 6.01. The number of pyridine rings is 1. The van der Waals surface area contributed by atoms with E-state index < -0.39 is 5.60 Å². The minimum Gasteiger partial charge on any atom is -0.371 e. The monoisotopic (exact) mass is 193 g/mol. The van der Waals surface area contributed by atoms with Gasteiger partial charge in [0, 0.05) is 25.1 Å². The van der Waals surface area contributed by atoms with E-state index in [1.165, 1.54) is 7.11 Å². The SMILES string of the molecule is COC(C)(C)C(=O)c1cncc(C)c1. The van der Waals surface area contributed by atoms with E-state index in [-0.39, 0.29) is 5.78 Å². The van der Waals surface area contributed by atoms with Gasteiger partial charge in [0.05, 0.1) is 0 Å². The number of hydrogen-bond donors (Lipinski definition) is 0. The molecular formula is C11H15NO2. The Kier molecular flexibility index (Phi) is 3.01. The maximum Gasteiger partial charge on any atom is 0.195 e. The van der Waals surface area contributed by atoms with Crippen molar-refractivity contribution in [3.8, 4) is 0 Å². The van der Waals surface area contributed by atoms with Gasteiger partial charge < -0.3 is 4.74 Å². The predicted octanol–water partition coefficient (Wildman–Crippen LogP) is 2.00. The summed E-state index contributed by atoms with van der Waals surface area (Å²) in [6.07, 6.45) is 3.28. The first-order valence-corrected chi connectivity index (χ1v) is 4.49. The first kappa shape index (κ1) is 10.9. The molecule has 0 saturated heterocycles. The number of aromatic nitrogens is 1. The summed E-state index contributed by atoms with van der Waals surface area (Å²) in [6, 6.07) is 1.82. The number of carbonyl (C=O) groups is 1. The highest BCUT2D eigenvalue weighted by Gasteiger charge is 2.28. The molecule has 0 amide bonds. The van der Waals surface area contributed by atoms with Crippen molar-refractivity contribution in [1.29, 1.82) is 0 Å². The van der Waals surface area contributed by atoms with Crippen LogP contribution in [0.2, 0.25) is 0 Å². The van der Waals surface area contributed by atoms with Crippen molar-refractivity contribution >= 4 is 5.78 Å². The molecule has 0 atom stereocenters. The maximum absolute atomic E-state index is 11.9.